The van der Waals surface area contributed by atoms with Crippen molar-refractivity contribution in [1.29, 1.82) is 0 Å². The van der Waals surface area contributed by atoms with Crippen LogP contribution < -0.4 is 0 Å². The van der Waals surface area contributed by atoms with Crippen LogP contribution in [0.1, 0.15) is 41.3 Å². The highest BCUT2D eigenvalue weighted by atomic mass is 32.2. The summed E-state index contributed by atoms with van der Waals surface area (Å²) in [5.74, 6) is -0.571. The van der Waals surface area contributed by atoms with Crippen molar-refractivity contribution >= 4 is 40.8 Å². The fourth-order valence-corrected chi connectivity index (χ4v) is 5.93. The third-order valence-electron chi connectivity index (χ3n) is 5.03. The molecule has 1 aliphatic carbocycles. The van der Waals surface area contributed by atoms with E-state index >= 15 is 0 Å². The Morgan fingerprint density at radius 3 is 2.62 bits per heavy atom. The highest BCUT2D eigenvalue weighted by Crippen LogP contribution is 2.54. The van der Waals surface area contributed by atoms with E-state index in [1.807, 2.05) is 6.26 Å². The molecule has 0 bridgehead atoms. The summed E-state index contributed by atoms with van der Waals surface area (Å²) in [6, 6.07) is 9.37. The molecule has 1 aliphatic heterocycles. The minimum absolute atomic E-state index is 0.0314. The molecular weight excluding hydrogens is 410 g/mol. The molecule has 0 amide bonds. The number of rotatable bonds is 5. The number of nitrogens with zero attached hydrogens (tertiary/aromatic N) is 1. The summed E-state index contributed by atoms with van der Waals surface area (Å²) >= 11 is 2.96. The maximum atomic E-state index is 13.3. The number of carbonyl (C=O) groups is 2. The molecule has 2 aromatic rings. The predicted molar refractivity (Wildman–Crippen MR) is 113 cm³/mol. The molecule has 1 aromatic carbocycles. The number of hydrogen-bond acceptors (Lipinski definition) is 7. The maximum Gasteiger partial charge on any atom is 0.269 e. The largest absolute Gasteiger partial charge is 0.461 e. The Morgan fingerprint density at radius 2 is 2.00 bits per heavy atom. The predicted octanol–water partition coefficient (Wildman–Crippen LogP) is 5.48. The Labute approximate surface area is 175 Å². The van der Waals surface area contributed by atoms with Crippen molar-refractivity contribution in [2.45, 2.75) is 25.2 Å². The summed E-state index contributed by atoms with van der Waals surface area (Å²) in [4.78, 5) is 37.8. The molecule has 29 heavy (non-hydrogen) atoms. The molecule has 1 atom stereocenters. The zero-order chi connectivity index (χ0) is 20.5. The minimum Gasteiger partial charge on any atom is -0.461 e. The summed E-state index contributed by atoms with van der Waals surface area (Å²) in [6.07, 6.45) is 5.38. The third kappa shape index (κ3) is 3.58. The average molecular weight is 428 g/mol. The van der Waals surface area contributed by atoms with E-state index in [0.29, 0.717) is 23.1 Å². The van der Waals surface area contributed by atoms with Crippen LogP contribution in [0.3, 0.4) is 0 Å². The van der Waals surface area contributed by atoms with E-state index in [-0.39, 0.29) is 23.0 Å². The molecule has 0 saturated heterocycles. The summed E-state index contributed by atoms with van der Waals surface area (Å²) in [5.41, 5.74) is 1.80. The Kier molecular flexibility index (Phi) is 5.47. The van der Waals surface area contributed by atoms with Crippen molar-refractivity contribution in [3.63, 3.8) is 0 Å². The second-order valence-corrected chi connectivity index (χ2v) is 8.89. The van der Waals surface area contributed by atoms with Crippen LogP contribution >= 0.6 is 23.5 Å². The van der Waals surface area contributed by atoms with E-state index in [4.69, 9.17) is 4.42 Å². The molecule has 148 valence electrons. The van der Waals surface area contributed by atoms with Gasteiger partial charge in [-0.1, -0.05) is 23.9 Å². The van der Waals surface area contributed by atoms with Crippen LogP contribution in [-0.4, -0.2) is 22.7 Å². The molecule has 0 fully saturated rings. The number of Topliss-reactive ketones (excluding diaryl/α,β-unsaturated/α-hetero) is 2. The quantitative estimate of drug-likeness (QED) is 0.354. The van der Waals surface area contributed by atoms with Gasteiger partial charge < -0.3 is 4.42 Å². The molecule has 1 unspecified atom stereocenters. The Balaban J connectivity index is 1.90. The maximum absolute atomic E-state index is 13.3. The van der Waals surface area contributed by atoms with Crippen molar-refractivity contribution in [3.8, 4) is 0 Å². The van der Waals surface area contributed by atoms with Gasteiger partial charge in [0.1, 0.15) is 0 Å². The zero-order valence-electron chi connectivity index (χ0n) is 15.5. The van der Waals surface area contributed by atoms with Gasteiger partial charge in [0.25, 0.3) is 5.69 Å². The van der Waals surface area contributed by atoms with Crippen molar-refractivity contribution in [2.75, 3.05) is 6.26 Å². The molecule has 2 aliphatic rings. The van der Waals surface area contributed by atoms with E-state index in [9.17, 15) is 19.7 Å². The lowest BCUT2D eigenvalue weighted by molar-refractivity contribution is -0.384. The Bertz CT molecular complexity index is 1050. The number of hydrogen-bond donors (Lipinski definition) is 0. The molecule has 8 heteroatoms. The monoisotopic (exact) mass is 427 g/mol. The lowest BCUT2D eigenvalue weighted by Gasteiger charge is -2.33. The first-order valence-electron chi connectivity index (χ1n) is 9.06. The molecular formula is C21H17NO5S2. The lowest BCUT2D eigenvalue weighted by atomic mass is 9.77. The van der Waals surface area contributed by atoms with Crippen molar-refractivity contribution < 1.29 is 18.9 Å². The molecule has 2 heterocycles. The van der Waals surface area contributed by atoms with Crippen LogP contribution in [0.4, 0.5) is 5.69 Å². The van der Waals surface area contributed by atoms with Gasteiger partial charge in [-0.15, -0.1) is 11.8 Å². The van der Waals surface area contributed by atoms with E-state index in [1.54, 1.807) is 24.3 Å². The average Bonchev–Trinajstić information content (AvgIpc) is 3.27. The molecule has 0 saturated carbocycles. The lowest BCUT2D eigenvalue weighted by Crippen LogP contribution is -2.25. The number of allylic oxidation sites excluding steroid dienone is 3. The molecule has 0 radical (unpaired) electrons. The van der Waals surface area contributed by atoms with Gasteiger partial charge in [-0.05, 0) is 41.7 Å². The molecule has 0 spiro atoms. The normalized spacial score (nSPS) is 19.3. The number of furan rings is 1. The van der Waals surface area contributed by atoms with E-state index in [1.165, 1.54) is 41.9 Å². The van der Waals surface area contributed by atoms with E-state index < -0.39 is 10.8 Å². The van der Waals surface area contributed by atoms with Gasteiger partial charge >= 0.3 is 0 Å². The van der Waals surface area contributed by atoms with Crippen LogP contribution in [0, 0.1) is 10.1 Å². The first-order valence-corrected chi connectivity index (χ1v) is 11.1. The number of non-ortho nitro benzene ring substituents is 1. The van der Waals surface area contributed by atoms with E-state index in [2.05, 4.69) is 0 Å². The molecule has 0 N–H and O–H groups in total. The molecule has 1 aromatic heterocycles. The van der Waals surface area contributed by atoms with E-state index in [0.717, 1.165) is 22.0 Å². The smallest absolute Gasteiger partial charge is 0.269 e. The number of carbonyl (C=O) groups excluding carboxylic acids is 2. The summed E-state index contributed by atoms with van der Waals surface area (Å²) in [6.45, 7) is 0. The van der Waals surface area contributed by atoms with Crippen molar-refractivity contribution in [1.82, 2.24) is 0 Å². The Morgan fingerprint density at radius 1 is 1.24 bits per heavy atom. The van der Waals surface area contributed by atoms with Gasteiger partial charge in [0.15, 0.2) is 11.5 Å². The standard InChI is InChI=1S/C21H17NO5S2/c1-28-21-19(20(24)15-5-3-11-27-15)17(12-7-9-13(10-8-12)22(25)26)18-14(23)4-2-6-16(18)29-21/h3,5,7-11,17H,2,4,6H2,1H3. The van der Waals surface area contributed by atoms with Gasteiger partial charge in [-0.3, -0.25) is 19.7 Å². The van der Waals surface area contributed by atoms with Crippen molar-refractivity contribution in [2.24, 2.45) is 0 Å². The SMILES string of the molecule is CSC1=C(C(=O)c2ccco2)C(c2ccc([N+](=O)[O-])cc2)C2=C(CCCC2=O)S1. The van der Waals surface area contributed by atoms with Gasteiger partial charge in [0, 0.05) is 35.6 Å². The molecule has 6 nitrogen and oxygen atoms in total. The second kappa shape index (κ2) is 8.04. The minimum atomic E-state index is -0.556. The number of thioether (sulfide) groups is 2. The topological polar surface area (TPSA) is 90.4 Å². The third-order valence-corrected chi connectivity index (χ3v) is 7.45. The first-order chi connectivity index (χ1) is 14.0. The fourth-order valence-electron chi connectivity index (χ4n) is 3.73. The number of ketones is 2. The zero-order valence-corrected chi connectivity index (χ0v) is 17.2. The number of nitro benzene ring substituents is 1. The van der Waals surface area contributed by atoms with Crippen LogP contribution in [0.5, 0.6) is 0 Å². The van der Waals surface area contributed by atoms with Crippen molar-refractivity contribution in [3.05, 3.63) is 84.4 Å². The highest BCUT2D eigenvalue weighted by Gasteiger charge is 2.40. The second-order valence-electron chi connectivity index (χ2n) is 6.71. The van der Waals surface area contributed by atoms with Crippen LogP contribution in [0.2, 0.25) is 0 Å². The Hall–Kier alpha value is -2.58. The van der Waals surface area contributed by atoms with Gasteiger partial charge in [0.2, 0.25) is 5.78 Å². The number of benzene rings is 1. The first kappa shape index (κ1) is 19.7. The van der Waals surface area contributed by atoms with Crippen LogP contribution in [0.15, 0.2) is 67.4 Å². The number of nitro groups is 1. The summed E-state index contributed by atoms with van der Waals surface area (Å²) < 4.78 is 6.18. The fraction of sp³-hybridized carbons (Fsp3) is 0.238. The summed E-state index contributed by atoms with van der Waals surface area (Å²) in [7, 11) is 0. The van der Waals surface area contributed by atoms with Gasteiger partial charge in [-0.25, -0.2) is 0 Å². The highest BCUT2D eigenvalue weighted by molar-refractivity contribution is 8.23. The van der Waals surface area contributed by atoms with Crippen LogP contribution in [-0.2, 0) is 4.79 Å². The van der Waals surface area contributed by atoms with Gasteiger partial charge in [-0.2, -0.15) is 0 Å². The van der Waals surface area contributed by atoms with Gasteiger partial charge in [0.05, 0.1) is 15.4 Å². The van der Waals surface area contributed by atoms with Crippen LogP contribution in [0.25, 0.3) is 0 Å². The molecule has 4 rings (SSSR count). The summed E-state index contributed by atoms with van der Waals surface area (Å²) in [5, 5.41) is 11.1.